The third kappa shape index (κ3) is 3.76. The summed E-state index contributed by atoms with van der Waals surface area (Å²) in [6, 6.07) is 2.33. The van der Waals surface area contributed by atoms with Gasteiger partial charge in [0.25, 0.3) is 0 Å². The van der Waals surface area contributed by atoms with Gasteiger partial charge in [0.2, 0.25) is 0 Å². The molecule has 1 heterocycles. The van der Waals surface area contributed by atoms with Crippen molar-refractivity contribution in [2.45, 2.75) is 71.5 Å². The molecule has 2 heteroatoms. The molecule has 3 atom stereocenters. The average Bonchev–Trinajstić information content (AvgIpc) is 2.57. The van der Waals surface area contributed by atoms with Gasteiger partial charge in [-0.15, -0.1) is 0 Å². The maximum atomic E-state index is 3.49. The van der Waals surface area contributed by atoms with Gasteiger partial charge in [0, 0.05) is 24.7 Å². The largest absolute Gasteiger partial charge is 0.314 e. The maximum Gasteiger partial charge on any atom is 0.00960 e. The molecule has 1 aliphatic rings. The fourth-order valence-electron chi connectivity index (χ4n) is 2.76. The number of rotatable bonds is 6. The van der Waals surface area contributed by atoms with Crippen LogP contribution in [-0.2, 0) is 0 Å². The molecule has 90 valence electrons. The topological polar surface area (TPSA) is 15.3 Å². The molecular formula is C13H28N2. The van der Waals surface area contributed by atoms with E-state index in [1.54, 1.807) is 0 Å². The van der Waals surface area contributed by atoms with Gasteiger partial charge in [-0.05, 0) is 46.1 Å². The Morgan fingerprint density at radius 2 is 2.07 bits per heavy atom. The molecule has 1 N–H and O–H groups in total. The van der Waals surface area contributed by atoms with Crippen LogP contribution in [0.3, 0.4) is 0 Å². The zero-order chi connectivity index (χ0) is 11.3. The van der Waals surface area contributed by atoms with Gasteiger partial charge < -0.3 is 5.32 Å². The van der Waals surface area contributed by atoms with Crippen LogP contribution in [0.1, 0.15) is 53.4 Å². The Morgan fingerprint density at radius 3 is 2.67 bits per heavy atom. The van der Waals surface area contributed by atoms with Crippen molar-refractivity contribution >= 4 is 0 Å². The first-order chi connectivity index (χ1) is 7.19. The standard InChI is InChI=1S/C13H28N2/c1-5-13-8-7-12(4)15(13)10-9-11(3)14-6-2/h11-14H,5-10H2,1-4H3. The Labute approximate surface area is 95.4 Å². The Kier molecular flexibility index (Phi) is 5.62. The second-order valence-corrected chi connectivity index (χ2v) is 4.97. The van der Waals surface area contributed by atoms with Crippen molar-refractivity contribution in [3.8, 4) is 0 Å². The molecule has 0 aliphatic carbocycles. The van der Waals surface area contributed by atoms with Crippen LogP contribution in [0.25, 0.3) is 0 Å². The van der Waals surface area contributed by atoms with Crippen molar-refractivity contribution in [3.05, 3.63) is 0 Å². The number of hydrogen-bond donors (Lipinski definition) is 1. The molecule has 0 aromatic carbocycles. The lowest BCUT2D eigenvalue weighted by Gasteiger charge is -2.29. The Hall–Kier alpha value is -0.0800. The maximum absolute atomic E-state index is 3.49. The highest BCUT2D eigenvalue weighted by Crippen LogP contribution is 2.25. The number of hydrogen-bond acceptors (Lipinski definition) is 2. The van der Waals surface area contributed by atoms with Gasteiger partial charge >= 0.3 is 0 Å². The molecule has 15 heavy (non-hydrogen) atoms. The Bertz CT molecular complexity index is 170. The number of nitrogens with zero attached hydrogens (tertiary/aromatic N) is 1. The van der Waals surface area contributed by atoms with Crippen molar-refractivity contribution in [2.24, 2.45) is 0 Å². The van der Waals surface area contributed by atoms with Crippen LogP contribution in [0.4, 0.5) is 0 Å². The first-order valence-electron chi connectivity index (χ1n) is 6.68. The monoisotopic (exact) mass is 212 g/mol. The van der Waals surface area contributed by atoms with E-state index in [4.69, 9.17) is 0 Å². The van der Waals surface area contributed by atoms with Gasteiger partial charge in [-0.2, -0.15) is 0 Å². The zero-order valence-electron chi connectivity index (χ0n) is 10.9. The summed E-state index contributed by atoms with van der Waals surface area (Å²) in [4.78, 5) is 2.72. The minimum absolute atomic E-state index is 0.667. The van der Waals surface area contributed by atoms with Gasteiger partial charge in [-0.3, -0.25) is 4.90 Å². The minimum atomic E-state index is 0.667. The summed E-state index contributed by atoms with van der Waals surface area (Å²) in [6.45, 7) is 11.5. The third-order valence-corrected chi connectivity index (χ3v) is 3.80. The SMILES string of the molecule is CCNC(C)CCN1C(C)CCC1CC. The molecule has 0 aromatic rings. The Morgan fingerprint density at radius 1 is 1.33 bits per heavy atom. The molecule has 0 saturated carbocycles. The van der Waals surface area contributed by atoms with Crippen molar-refractivity contribution < 1.29 is 0 Å². The molecule has 0 spiro atoms. The molecule has 1 rings (SSSR count). The van der Waals surface area contributed by atoms with Gasteiger partial charge in [0.1, 0.15) is 0 Å². The first kappa shape index (κ1) is 13.0. The van der Waals surface area contributed by atoms with Crippen LogP contribution < -0.4 is 5.32 Å². The molecule has 0 bridgehead atoms. The highest BCUT2D eigenvalue weighted by Gasteiger charge is 2.28. The van der Waals surface area contributed by atoms with Gasteiger partial charge in [0.15, 0.2) is 0 Å². The average molecular weight is 212 g/mol. The second kappa shape index (κ2) is 6.49. The van der Waals surface area contributed by atoms with Gasteiger partial charge in [-0.1, -0.05) is 13.8 Å². The van der Waals surface area contributed by atoms with Crippen molar-refractivity contribution in [2.75, 3.05) is 13.1 Å². The van der Waals surface area contributed by atoms with Crippen molar-refractivity contribution in [1.29, 1.82) is 0 Å². The summed E-state index contributed by atoms with van der Waals surface area (Å²) in [5.74, 6) is 0. The molecule has 1 aliphatic heterocycles. The normalized spacial score (nSPS) is 29.6. The first-order valence-corrected chi connectivity index (χ1v) is 6.68. The quantitative estimate of drug-likeness (QED) is 0.728. The van der Waals surface area contributed by atoms with E-state index in [0.29, 0.717) is 6.04 Å². The second-order valence-electron chi connectivity index (χ2n) is 4.97. The number of likely N-dealkylation sites (tertiary alicyclic amines) is 1. The fourth-order valence-corrected chi connectivity index (χ4v) is 2.76. The Balaban J connectivity index is 2.29. The van der Waals surface area contributed by atoms with E-state index < -0.39 is 0 Å². The van der Waals surface area contributed by atoms with E-state index in [0.717, 1.165) is 18.6 Å². The van der Waals surface area contributed by atoms with E-state index in [1.807, 2.05) is 0 Å². The van der Waals surface area contributed by atoms with E-state index in [-0.39, 0.29) is 0 Å². The van der Waals surface area contributed by atoms with Gasteiger partial charge in [-0.25, -0.2) is 0 Å². The van der Waals surface area contributed by atoms with E-state index in [1.165, 1.54) is 32.2 Å². The molecule has 1 fully saturated rings. The smallest absolute Gasteiger partial charge is 0.00960 e. The van der Waals surface area contributed by atoms with Crippen LogP contribution in [0.15, 0.2) is 0 Å². The summed E-state index contributed by atoms with van der Waals surface area (Å²) in [5.41, 5.74) is 0. The highest BCUT2D eigenvalue weighted by molar-refractivity contribution is 4.84. The summed E-state index contributed by atoms with van der Waals surface area (Å²) in [6.07, 6.45) is 5.41. The van der Waals surface area contributed by atoms with Crippen LogP contribution in [0.5, 0.6) is 0 Å². The van der Waals surface area contributed by atoms with E-state index in [9.17, 15) is 0 Å². The summed E-state index contributed by atoms with van der Waals surface area (Å²) in [7, 11) is 0. The number of nitrogens with one attached hydrogen (secondary N) is 1. The van der Waals surface area contributed by atoms with E-state index in [2.05, 4.69) is 37.9 Å². The van der Waals surface area contributed by atoms with Crippen LogP contribution >= 0.6 is 0 Å². The van der Waals surface area contributed by atoms with Crippen LogP contribution in [0.2, 0.25) is 0 Å². The van der Waals surface area contributed by atoms with E-state index >= 15 is 0 Å². The molecule has 3 unspecified atom stereocenters. The zero-order valence-corrected chi connectivity index (χ0v) is 10.9. The molecule has 0 radical (unpaired) electrons. The lowest BCUT2D eigenvalue weighted by molar-refractivity contribution is 0.189. The summed E-state index contributed by atoms with van der Waals surface area (Å²) >= 11 is 0. The predicted molar refractivity (Wildman–Crippen MR) is 67.2 cm³/mol. The van der Waals surface area contributed by atoms with Crippen molar-refractivity contribution in [1.82, 2.24) is 10.2 Å². The van der Waals surface area contributed by atoms with Gasteiger partial charge in [0.05, 0.1) is 0 Å². The molecular weight excluding hydrogens is 184 g/mol. The molecule has 1 saturated heterocycles. The van der Waals surface area contributed by atoms with Crippen LogP contribution in [0, 0.1) is 0 Å². The molecule has 0 aromatic heterocycles. The minimum Gasteiger partial charge on any atom is -0.314 e. The lowest BCUT2D eigenvalue weighted by Crippen LogP contribution is -2.38. The van der Waals surface area contributed by atoms with Crippen LogP contribution in [-0.4, -0.2) is 36.1 Å². The molecule has 2 nitrogen and oxygen atoms in total. The summed E-state index contributed by atoms with van der Waals surface area (Å²) < 4.78 is 0. The lowest BCUT2D eigenvalue weighted by atomic mass is 10.1. The molecule has 0 amide bonds. The summed E-state index contributed by atoms with van der Waals surface area (Å²) in [5, 5.41) is 3.49. The third-order valence-electron chi connectivity index (χ3n) is 3.80. The predicted octanol–water partition coefficient (Wildman–Crippen LogP) is 2.64. The fraction of sp³-hybridized carbons (Fsp3) is 1.00. The van der Waals surface area contributed by atoms with Crippen molar-refractivity contribution in [3.63, 3.8) is 0 Å². The highest BCUT2D eigenvalue weighted by atomic mass is 15.2.